The Morgan fingerprint density at radius 2 is 0.524 bits per heavy atom. The van der Waals surface area contributed by atoms with Crippen LogP contribution in [0.25, 0.3) is 0 Å². The molecule has 0 aliphatic rings. The molecule has 0 aromatic carbocycles. The Morgan fingerprint density at radius 1 is 0.291 bits per heavy atom. The molecule has 0 aliphatic carbocycles. The standard InChI is InChI=1S/C94H145NO8/c1-6-8-10-12-14-16-18-20-22-24-26-28-30-32-34-36-38-40-42-44-46-48-50-52-54-56-58-60-62-64-66-68-70-72-74-76-78-80-82-84-91(96)101-88-90(89-102-94(93(98)99)100-87-86-95(3,4)5)103-92(97)85-83-81-79-77-75-73-71-69-67-65-63-61-59-57-55-53-51-49-47-45-43-41-39-37-35-33-31-29-27-25-23-21-19-17-15-13-11-9-7-2/h8-11,14-17,20-23,26-29,32-35,38-41,44-47,50-53,57,59,63,65,69,71,75,77,90,94H,6-7,12-13,18-19,24-25,30-31,36-37,42-43,48-49,54-56,58,60-62,64,66-68,70,72-74,76,78-89H2,1-5H3/p+1/b10-8-,11-9-,16-14-,17-15-,22-20-,23-21-,28-26-,29-27-,34-32-,35-33-,40-38-,41-39-,46-44-,47-45-,52-50-,53-51-,59-57-,65-63-,71-69-,77-75-. The minimum atomic E-state index is -1.54. The predicted octanol–water partition coefficient (Wildman–Crippen LogP) is 26.4. The van der Waals surface area contributed by atoms with Crippen LogP contribution in [0.15, 0.2) is 243 Å². The van der Waals surface area contributed by atoms with Crippen molar-refractivity contribution >= 4 is 17.9 Å². The molecule has 103 heavy (non-hydrogen) atoms. The van der Waals surface area contributed by atoms with Crippen molar-refractivity contribution in [1.82, 2.24) is 0 Å². The molecule has 0 amide bonds. The molecule has 0 aromatic rings. The first-order valence-electron chi connectivity index (χ1n) is 40.2. The molecular formula is C94H146NO8+. The average molecular weight is 1420 g/mol. The van der Waals surface area contributed by atoms with E-state index >= 15 is 0 Å². The van der Waals surface area contributed by atoms with Crippen LogP contribution in [0.3, 0.4) is 0 Å². The molecule has 9 heteroatoms. The summed E-state index contributed by atoms with van der Waals surface area (Å²) in [7, 11) is 5.95. The van der Waals surface area contributed by atoms with Gasteiger partial charge in [-0.3, -0.25) is 9.59 Å². The monoisotopic (exact) mass is 1420 g/mol. The van der Waals surface area contributed by atoms with Gasteiger partial charge in [0, 0.05) is 12.8 Å². The van der Waals surface area contributed by atoms with Crippen LogP contribution < -0.4 is 0 Å². The van der Waals surface area contributed by atoms with Crippen LogP contribution in [0.1, 0.15) is 271 Å². The normalized spacial score (nSPS) is 14.0. The molecule has 0 saturated heterocycles. The van der Waals surface area contributed by atoms with Crippen LogP contribution in [0.5, 0.6) is 0 Å². The second-order valence-corrected chi connectivity index (χ2v) is 26.9. The third kappa shape index (κ3) is 82.3. The summed E-state index contributed by atoms with van der Waals surface area (Å²) in [5, 5.41) is 9.77. The smallest absolute Gasteiger partial charge is 0.361 e. The SMILES string of the molecule is CC/C=C\C/C=C\C/C=C\C/C=C\C/C=C\C/C=C\C/C=C\C/C=C\C/C=C\C/C=C\C/C=C\C/C=C\CCCCC(=O)OC(COC(=O)CCCCCCCCCCCCCCCC/C=C\C/C=C\C/C=C\C/C=C\C/C=C\C/C=C\C/C=C\C/C=C\CC)COC(OCC[N+](C)(C)C)C(=O)O. The molecule has 0 heterocycles. The third-order valence-corrected chi connectivity index (χ3v) is 16.1. The van der Waals surface area contributed by atoms with Crippen molar-refractivity contribution in [2.24, 2.45) is 0 Å². The van der Waals surface area contributed by atoms with Gasteiger partial charge in [-0.05, 0) is 167 Å². The van der Waals surface area contributed by atoms with Gasteiger partial charge >= 0.3 is 17.9 Å². The number of unbranched alkanes of at least 4 members (excludes halogenated alkanes) is 16. The summed E-state index contributed by atoms with van der Waals surface area (Å²) in [5.74, 6) is -2.09. The molecule has 0 radical (unpaired) electrons. The van der Waals surface area contributed by atoms with E-state index in [4.69, 9.17) is 18.9 Å². The van der Waals surface area contributed by atoms with Gasteiger partial charge in [-0.2, -0.15) is 0 Å². The molecule has 0 aliphatic heterocycles. The summed E-state index contributed by atoms with van der Waals surface area (Å²) in [4.78, 5) is 37.7. The zero-order valence-corrected chi connectivity index (χ0v) is 65.6. The summed E-state index contributed by atoms with van der Waals surface area (Å²) < 4.78 is 23.0. The molecule has 2 unspecified atom stereocenters. The van der Waals surface area contributed by atoms with E-state index in [-0.39, 0.29) is 38.6 Å². The van der Waals surface area contributed by atoms with E-state index in [9.17, 15) is 19.5 Å². The molecular weight excluding hydrogens is 1270 g/mol. The van der Waals surface area contributed by atoms with E-state index in [0.29, 0.717) is 17.4 Å². The van der Waals surface area contributed by atoms with E-state index in [1.165, 1.54) is 77.0 Å². The topological polar surface area (TPSA) is 108 Å². The lowest BCUT2D eigenvalue weighted by molar-refractivity contribution is -0.870. The van der Waals surface area contributed by atoms with Crippen molar-refractivity contribution in [3.05, 3.63) is 243 Å². The summed E-state index contributed by atoms with van der Waals surface area (Å²) in [6.45, 7) is 4.57. The number of carboxylic acids is 1. The fraction of sp³-hybridized carbons (Fsp3) is 0.543. The number of hydrogen-bond donors (Lipinski definition) is 1. The number of carboxylic acid groups (broad SMARTS) is 1. The van der Waals surface area contributed by atoms with Crippen LogP contribution in [0, 0.1) is 0 Å². The quantitative estimate of drug-likeness (QED) is 0.0211. The minimum absolute atomic E-state index is 0.167. The number of carbonyl (C=O) groups is 3. The Balaban J connectivity index is 4.21. The number of carbonyl (C=O) groups excluding carboxylic acids is 2. The first-order chi connectivity index (χ1) is 50.6. The number of quaternary nitrogens is 1. The minimum Gasteiger partial charge on any atom is -0.477 e. The Hall–Kier alpha value is -6.91. The largest absolute Gasteiger partial charge is 0.477 e. The van der Waals surface area contributed by atoms with Crippen LogP contribution in [-0.4, -0.2) is 87.4 Å². The van der Waals surface area contributed by atoms with Gasteiger partial charge in [-0.25, -0.2) is 4.79 Å². The highest BCUT2D eigenvalue weighted by Crippen LogP contribution is 2.16. The number of aliphatic carboxylic acids is 1. The van der Waals surface area contributed by atoms with E-state index in [0.717, 1.165) is 161 Å². The highest BCUT2D eigenvalue weighted by Gasteiger charge is 2.25. The number of allylic oxidation sites excluding steroid dienone is 40. The van der Waals surface area contributed by atoms with Crippen molar-refractivity contribution in [2.45, 2.75) is 283 Å². The predicted molar refractivity (Wildman–Crippen MR) is 446 cm³/mol. The maximum Gasteiger partial charge on any atom is 0.361 e. The van der Waals surface area contributed by atoms with Gasteiger partial charge in [0.15, 0.2) is 6.10 Å². The Labute approximate surface area is 631 Å². The third-order valence-electron chi connectivity index (χ3n) is 16.1. The molecule has 574 valence electrons. The summed E-state index contributed by atoms with van der Waals surface area (Å²) in [6.07, 6.45) is 127. The molecule has 2 atom stereocenters. The lowest BCUT2D eigenvalue weighted by Gasteiger charge is -2.25. The summed E-state index contributed by atoms with van der Waals surface area (Å²) in [6, 6.07) is 0. The van der Waals surface area contributed by atoms with E-state index in [1.54, 1.807) is 0 Å². The Kier molecular flexibility index (Phi) is 75.4. The van der Waals surface area contributed by atoms with Crippen LogP contribution >= 0.6 is 0 Å². The average Bonchev–Trinajstić information content (AvgIpc) is 0.985. The van der Waals surface area contributed by atoms with Gasteiger partial charge in [-0.1, -0.05) is 334 Å². The molecule has 9 nitrogen and oxygen atoms in total. The fourth-order valence-corrected chi connectivity index (χ4v) is 10.1. The van der Waals surface area contributed by atoms with Gasteiger partial charge in [0.05, 0.1) is 34.4 Å². The van der Waals surface area contributed by atoms with E-state index in [2.05, 4.69) is 257 Å². The van der Waals surface area contributed by atoms with Gasteiger partial charge in [0.2, 0.25) is 0 Å². The zero-order valence-electron chi connectivity index (χ0n) is 65.6. The lowest BCUT2D eigenvalue weighted by atomic mass is 10.0. The number of ether oxygens (including phenoxy) is 4. The van der Waals surface area contributed by atoms with Crippen LogP contribution in [-0.2, 0) is 33.3 Å². The number of hydrogen-bond acceptors (Lipinski definition) is 7. The summed E-state index contributed by atoms with van der Waals surface area (Å²) >= 11 is 0. The first kappa shape index (κ1) is 96.1. The second kappa shape index (κ2) is 80.8. The van der Waals surface area contributed by atoms with Crippen LogP contribution in [0.2, 0.25) is 0 Å². The number of rotatable bonds is 71. The summed E-state index contributed by atoms with van der Waals surface area (Å²) in [5.41, 5.74) is 0. The van der Waals surface area contributed by atoms with Crippen molar-refractivity contribution in [3.63, 3.8) is 0 Å². The first-order valence-corrected chi connectivity index (χ1v) is 40.2. The maximum atomic E-state index is 13.0. The van der Waals surface area contributed by atoms with Gasteiger partial charge < -0.3 is 28.5 Å². The maximum absolute atomic E-state index is 13.0. The number of esters is 2. The van der Waals surface area contributed by atoms with Crippen molar-refractivity contribution in [1.29, 1.82) is 0 Å². The van der Waals surface area contributed by atoms with Gasteiger partial charge in [0.1, 0.15) is 13.2 Å². The lowest BCUT2D eigenvalue weighted by Crippen LogP contribution is -2.40. The second-order valence-electron chi connectivity index (χ2n) is 26.9. The van der Waals surface area contributed by atoms with Crippen LogP contribution in [0.4, 0.5) is 0 Å². The van der Waals surface area contributed by atoms with Crippen molar-refractivity contribution < 1.29 is 42.9 Å². The molecule has 0 rings (SSSR count). The highest BCUT2D eigenvalue weighted by atomic mass is 16.7. The highest BCUT2D eigenvalue weighted by molar-refractivity contribution is 5.71. The molecule has 1 N–H and O–H groups in total. The molecule has 0 saturated carbocycles. The molecule has 0 aromatic heterocycles. The van der Waals surface area contributed by atoms with Crippen molar-refractivity contribution in [2.75, 3.05) is 47.5 Å². The van der Waals surface area contributed by atoms with E-state index < -0.39 is 24.3 Å². The fourth-order valence-electron chi connectivity index (χ4n) is 10.1. The molecule has 0 spiro atoms. The van der Waals surface area contributed by atoms with Gasteiger partial charge in [0.25, 0.3) is 6.29 Å². The number of nitrogens with zero attached hydrogens (tertiary/aromatic N) is 1. The molecule has 0 bridgehead atoms. The van der Waals surface area contributed by atoms with E-state index in [1.807, 2.05) is 21.1 Å². The Bertz CT molecular complexity index is 2610. The zero-order chi connectivity index (χ0) is 74.6. The molecule has 0 fully saturated rings. The van der Waals surface area contributed by atoms with Gasteiger partial charge in [-0.15, -0.1) is 0 Å². The number of likely N-dealkylation sites (N-methyl/N-ethyl adjacent to an activating group) is 1. The van der Waals surface area contributed by atoms with Crippen molar-refractivity contribution in [3.8, 4) is 0 Å². The Morgan fingerprint density at radius 3 is 0.796 bits per heavy atom.